The second kappa shape index (κ2) is 7.91. The van der Waals surface area contributed by atoms with Crippen LogP contribution < -0.4 is 5.32 Å². The summed E-state index contributed by atoms with van der Waals surface area (Å²) < 4.78 is 0. The Kier molecular flexibility index (Phi) is 7.33. The van der Waals surface area contributed by atoms with Crippen molar-refractivity contribution in [2.75, 3.05) is 6.54 Å². The van der Waals surface area contributed by atoms with Crippen LogP contribution in [0.25, 0.3) is 0 Å². The molecule has 1 amide bonds. The van der Waals surface area contributed by atoms with Gasteiger partial charge in [-0.15, -0.1) is 0 Å². The van der Waals surface area contributed by atoms with Gasteiger partial charge in [-0.25, -0.2) is 0 Å². The van der Waals surface area contributed by atoms with Gasteiger partial charge in [0, 0.05) is 13.0 Å². The molecule has 0 radical (unpaired) electrons. The van der Waals surface area contributed by atoms with Gasteiger partial charge in [0.15, 0.2) is 0 Å². The zero-order chi connectivity index (χ0) is 12.7. The minimum absolute atomic E-state index is 0. The topological polar surface area (TPSA) is 29.1 Å². The van der Waals surface area contributed by atoms with Gasteiger partial charge in [0.1, 0.15) is 0 Å². The first kappa shape index (κ1) is 16.7. The van der Waals surface area contributed by atoms with Gasteiger partial charge >= 0.3 is 0 Å². The maximum atomic E-state index is 11.6. The van der Waals surface area contributed by atoms with E-state index in [4.69, 9.17) is 0 Å². The van der Waals surface area contributed by atoms with E-state index in [9.17, 15) is 4.79 Å². The van der Waals surface area contributed by atoms with Crippen molar-refractivity contribution in [1.82, 2.24) is 5.32 Å². The molecule has 0 fully saturated rings. The Morgan fingerprint density at radius 2 is 1.78 bits per heavy atom. The predicted octanol–water partition coefficient (Wildman–Crippen LogP) is 3.81. The fourth-order valence-electron chi connectivity index (χ4n) is 1.57. The molecule has 0 unspecified atom stereocenters. The lowest BCUT2D eigenvalue weighted by atomic mass is 9.90. The Morgan fingerprint density at radius 1 is 1.17 bits per heavy atom. The van der Waals surface area contributed by atoms with Gasteiger partial charge in [-0.3, -0.25) is 4.79 Å². The van der Waals surface area contributed by atoms with E-state index < -0.39 is 0 Å². The Morgan fingerprint density at radius 3 is 2.33 bits per heavy atom. The quantitative estimate of drug-likeness (QED) is 0.844. The highest BCUT2D eigenvalue weighted by molar-refractivity contribution is 5.75. The largest absolute Gasteiger partial charge is 0.356 e. The number of benzene rings is 1. The average molecular weight is 249 g/mol. The third kappa shape index (κ3) is 7.88. The van der Waals surface area contributed by atoms with Crippen molar-refractivity contribution in [2.24, 2.45) is 5.41 Å². The summed E-state index contributed by atoms with van der Waals surface area (Å²) in [6.45, 7) is 7.20. The molecular formula is C16H27NO. The fraction of sp³-hybridized carbons (Fsp3) is 0.562. The summed E-state index contributed by atoms with van der Waals surface area (Å²) in [6, 6.07) is 10.2. The number of rotatable bonds is 5. The molecule has 0 atom stereocenters. The van der Waals surface area contributed by atoms with Crippen molar-refractivity contribution in [1.29, 1.82) is 0 Å². The highest BCUT2D eigenvalue weighted by Gasteiger charge is 2.12. The van der Waals surface area contributed by atoms with Crippen molar-refractivity contribution in [3.8, 4) is 0 Å². The summed E-state index contributed by atoms with van der Waals surface area (Å²) in [6.07, 6.45) is 2.46. The molecule has 0 aliphatic carbocycles. The molecule has 0 bridgehead atoms. The Balaban J connectivity index is 0.00000289. The maximum Gasteiger partial charge on any atom is 0.220 e. The summed E-state index contributed by atoms with van der Waals surface area (Å²) >= 11 is 0. The Bertz CT molecular complexity index is 338. The molecule has 0 aromatic heterocycles. The molecule has 1 aromatic carbocycles. The zero-order valence-electron chi connectivity index (χ0n) is 11.1. The number of hydrogen-bond donors (Lipinski definition) is 1. The van der Waals surface area contributed by atoms with Crippen LogP contribution in [0.15, 0.2) is 30.3 Å². The molecule has 0 heterocycles. The van der Waals surface area contributed by atoms with Gasteiger partial charge in [-0.05, 0) is 23.8 Å². The SMILES string of the molecule is C.CC(C)(C)CCC(=O)NCCc1ccccc1. The van der Waals surface area contributed by atoms with Crippen LogP contribution in [0.2, 0.25) is 0 Å². The van der Waals surface area contributed by atoms with Crippen molar-refractivity contribution in [3.05, 3.63) is 35.9 Å². The van der Waals surface area contributed by atoms with E-state index in [2.05, 4.69) is 38.2 Å². The van der Waals surface area contributed by atoms with E-state index in [0.29, 0.717) is 6.42 Å². The number of amides is 1. The first-order valence-corrected chi connectivity index (χ1v) is 6.28. The van der Waals surface area contributed by atoms with Gasteiger partial charge in [-0.1, -0.05) is 58.5 Å². The summed E-state index contributed by atoms with van der Waals surface area (Å²) in [5.41, 5.74) is 1.50. The summed E-state index contributed by atoms with van der Waals surface area (Å²) in [7, 11) is 0. The van der Waals surface area contributed by atoms with E-state index in [1.54, 1.807) is 0 Å². The molecule has 0 aliphatic rings. The minimum atomic E-state index is 0. The molecule has 102 valence electrons. The third-order valence-corrected chi connectivity index (χ3v) is 2.68. The van der Waals surface area contributed by atoms with Crippen LogP contribution in [0.5, 0.6) is 0 Å². The molecular weight excluding hydrogens is 222 g/mol. The molecule has 0 spiro atoms. The van der Waals surface area contributed by atoms with Gasteiger partial charge in [0.05, 0.1) is 0 Å². The van der Waals surface area contributed by atoms with Crippen LogP contribution in [-0.4, -0.2) is 12.5 Å². The molecule has 0 aliphatic heterocycles. The monoisotopic (exact) mass is 249 g/mol. The van der Waals surface area contributed by atoms with Gasteiger partial charge in [0.25, 0.3) is 0 Å². The second-order valence-corrected chi connectivity index (χ2v) is 5.65. The lowest BCUT2D eigenvalue weighted by Crippen LogP contribution is -2.26. The van der Waals surface area contributed by atoms with E-state index >= 15 is 0 Å². The molecule has 18 heavy (non-hydrogen) atoms. The van der Waals surface area contributed by atoms with Crippen LogP contribution in [-0.2, 0) is 11.2 Å². The standard InChI is InChI=1S/C15H23NO.CH4/c1-15(2,3)11-9-14(17)16-12-10-13-7-5-4-6-8-13;/h4-8H,9-12H2,1-3H3,(H,16,17);1H4. The van der Waals surface area contributed by atoms with Crippen molar-refractivity contribution in [2.45, 2.75) is 47.5 Å². The minimum Gasteiger partial charge on any atom is -0.356 e. The van der Waals surface area contributed by atoms with E-state index in [0.717, 1.165) is 19.4 Å². The van der Waals surface area contributed by atoms with Crippen LogP contribution in [0.3, 0.4) is 0 Å². The van der Waals surface area contributed by atoms with E-state index in [1.165, 1.54) is 5.56 Å². The Labute approximate surface area is 112 Å². The molecule has 0 saturated heterocycles. The van der Waals surface area contributed by atoms with Gasteiger partial charge in [-0.2, -0.15) is 0 Å². The number of carbonyl (C=O) groups excluding carboxylic acids is 1. The summed E-state index contributed by atoms with van der Waals surface area (Å²) in [4.78, 5) is 11.6. The van der Waals surface area contributed by atoms with Crippen LogP contribution in [0, 0.1) is 5.41 Å². The molecule has 1 N–H and O–H groups in total. The predicted molar refractivity (Wildman–Crippen MR) is 78.6 cm³/mol. The molecule has 0 saturated carbocycles. The van der Waals surface area contributed by atoms with E-state index in [-0.39, 0.29) is 18.7 Å². The summed E-state index contributed by atoms with van der Waals surface area (Å²) in [5.74, 6) is 0.163. The van der Waals surface area contributed by atoms with Gasteiger partial charge < -0.3 is 5.32 Å². The van der Waals surface area contributed by atoms with Crippen molar-refractivity contribution in [3.63, 3.8) is 0 Å². The van der Waals surface area contributed by atoms with Crippen molar-refractivity contribution < 1.29 is 4.79 Å². The maximum absolute atomic E-state index is 11.6. The zero-order valence-corrected chi connectivity index (χ0v) is 11.1. The third-order valence-electron chi connectivity index (χ3n) is 2.68. The van der Waals surface area contributed by atoms with Crippen LogP contribution in [0.1, 0.15) is 46.6 Å². The molecule has 2 heteroatoms. The number of nitrogens with one attached hydrogen (secondary N) is 1. The Hall–Kier alpha value is -1.31. The van der Waals surface area contributed by atoms with Crippen LogP contribution >= 0.6 is 0 Å². The molecule has 1 rings (SSSR count). The second-order valence-electron chi connectivity index (χ2n) is 5.65. The number of carbonyl (C=O) groups is 1. The molecule has 1 aromatic rings. The smallest absolute Gasteiger partial charge is 0.220 e. The fourth-order valence-corrected chi connectivity index (χ4v) is 1.57. The molecule has 2 nitrogen and oxygen atoms in total. The summed E-state index contributed by atoms with van der Waals surface area (Å²) in [5, 5.41) is 2.96. The highest BCUT2D eigenvalue weighted by atomic mass is 16.1. The van der Waals surface area contributed by atoms with Crippen LogP contribution in [0.4, 0.5) is 0 Å². The number of hydrogen-bond acceptors (Lipinski definition) is 1. The average Bonchev–Trinajstić information content (AvgIpc) is 2.27. The highest BCUT2D eigenvalue weighted by Crippen LogP contribution is 2.20. The van der Waals surface area contributed by atoms with Gasteiger partial charge in [0.2, 0.25) is 5.91 Å². The lowest BCUT2D eigenvalue weighted by Gasteiger charge is -2.17. The first-order valence-electron chi connectivity index (χ1n) is 6.28. The van der Waals surface area contributed by atoms with E-state index in [1.807, 2.05) is 18.2 Å². The normalized spacial score (nSPS) is 10.6. The first-order chi connectivity index (χ1) is 7.97. The lowest BCUT2D eigenvalue weighted by molar-refractivity contribution is -0.121. The van der Waals surface area contributed by atoms with Crippen molar-refractivity contribution >= 4 is 5.91 Å².